The highest BCUT2D eigenvalue weighted by Crippen LogP contribution is 2.12. The molecule has 18 heavy (non-hydrogen) atoms. The van der Waals surface area contributed by atoms with Gasteiger partial charge in [0.2, 0.25) is 5.91 Å². The van der Waals surface area contributed by atoms with Crippen molar-refractivity contribution in [2.24, 2.45) is 5.92 Å². The van der Waals surface area contributed by atoms with Crippen LogP contribution in [0.1, 0.15) is 39.5 Å². The number of hydrogen-bond donors (Lipinski definition) is 0. The van der Waals surface area contributed by atoms with Crippen molar-refractivity contribution in [2.45, 2.75) is 39.5 Å². The summed E-state index contributed by atoms with van der Waals surface area (Å²) in [5.74, 6) is -0.239. The summed E-state index contributed by atoms with van der Waals surface area (Å²) in [6.45, 7) is 4.68. The summed E-state index contributed by atoms with van der Waals surface area (Å²) in [5, 5.41) is 0. The first-order valence-electron chi connectivity index (χ1n) is 6.57. The van der Waals surface area contributed by atoms with Crippen molar-refractivity contribution >= 4 is 11.9 Å². The lowest BCUT2D eigenvalue weighted by Gasteiger charge is -2.13. The van der Waals surface area contributed by atoms with Crippen LogP contribution in [0.4, 0.5) is 0 Å². The van der Waals surface area contributed by atoms with Gasteiger partial charge in [0, 0.05) is 26.2 Å². The van der Waals surface area contributed by atoms with Gasteiger partial charge in [-0.05, 0) is 12.3 Å². The van der Waals surface area contributed by atoms with E-state index in [9.17, 15) is 9.59 Å². The van der Waals surface area contributed by atoms with Crippen molar-refractivity contribution in [1.82, 2.24) is 4.90 Å². The Bertz CT molecular complexity index is 285. The van der Waals surface area contributed by atoms with E-state index in [1.807, 2.05) is 0 Å². The fraction of sp³-hybridized carbons (Fsp3) is 0.714. The Labute approximate surface area is 110 Å². The van der Waals surface area contributed by atoms with Crippen LogP contribution in [-0.4, -0.2) is 37.5 Å². The number of rotatable bonds is 8. The molecule has 0 N–H and O–H groups in total. The van der Waals surface area contributed by atoms with Crippen LogP contribution in [0.3, 0.4) is 0 Å². The maximum absolute atomic E-state index is 11.4. The molecule has 0 radical (unpaired) electrons. The van der Waals surface area contributed by atoms with Crippen molar-refractivity contribution < 1.29 is 14.3 Å². The van der Waals surface area contributed by atoms with E-state index in [-0.39, 0.29) is 5.91 Å². The Kier molecular flexibility index (Phi) is 8.97. The first kappa shape index (κ1) is 16.7. The zero-order chi connectivity index (χ0) is 14.0. The molecule has 0 heterocycles. The molecular weight excluding hydrogens is 230 g/mol. The molecule has 0 aromatic carbocycles. The number of nitrogens with zero attached hydrogens (tertiary/aromatic N) is 1. The Balaban J connectivity index is 3.97. The minimum absolute atomic E-state index is 0.218. The molecule has 4 nitrogen and oxygen atoms in total. The van der Waals surface area contributed by atoms with E-state index in [1.54, 1.807) is 14.1 Å². The maximum atomic E-state index is 11.4. The van der Waals surface area contributed by atoms with Gasteiger partial charge in [0.15, 0.2) is 0 Å². The summed E-state index contributed by atoms with van der Waals surface area (Å²) in [4.78, 5) is 24.0. The molecule has 0 bridgehead atoms. The molecule has 1 amide bonds. The quantitative estimate of drug-likeness (QED) is 0.494. The zero-order valence-corrected chi connectivity index (χ0v) is 11.9. The Morgan fingerprint density at radius 3 is 2.39 bits per heavy atom. The molecule has 0 aliphatic heterocycles. The van der Waals surface area contributed by atoms with Crippen LogP contribution >= 0.6 is 0 Å². The highest BCUT2D eigenvalue weighted by molar-refractivity contribution is 5.94. The fourth-order valence-electron chi connectivity index (χ4n) is 1.43. The van der Waals surface area contributed by atoms with Gasteiger partial charge in [-0.15, -0.1) is 0 Å². The third-order valence-electron chi connectivity index (χ3n) is 2.81. The number of esters is 1. The summed E-state index contributed by atoms with van der Waals surface area (Å²) < 4.78 is 5.13. The molecule has 0 aromatic heterocycles. The predicted molar refractivity (Wildman–Crippen MR) is 72.1 cm³/mol. The van der Waals surface area contributed by atoms with Gasteiger partial charge in [0.05, 0.1) is 6.61 Å². The van der Waals surface area contributed by atoms with Crippen LogP contribution in [0, 0.1) is 5.92 Å². The summed E-state index contributed by atoms with van der Waals surface area (Å²) in [6, 6.07) is 0. The van der Waals surface area contributed by atoms with Crippen molar-refractivity contribution in [2.75, 3.05) is 20.7 Å². The van der Waals surface area contributed by atoms with E-state index in [4.69, 9.17) is 4.74 Å². The normalized spacial score (nSPS) is 12.4. The average molecular weight is 255 g/mol. The van der Waals surface area contributed by atoms with Crippen LogP contribution < -0.4 is 0 Å². The predicted octanol–water partition coefficient (Wildman–Crippen LogP) is 2.39. The molecule has 0 saturated carbocycles. The third-order valence-corrected chi connectivity index (χ3v) is 2.81. The molecular formula is C14H25NO3. The molecule has 104 valence electrons. The Hall–Kier alpha value is -1.32. The number of unbranched alkanes of at least 4 members (excludes halogenated alkanes) is 1. The van der Waals surface area contributed by atoms with Crippen molar-refractivity contribution in [3.05, 3.63) is 12.2 Å². The van der Waals surface area contributed by atoms with E-state index in [0.29, 0.717) is 12.5 Å². The van der Waals surface area contributed by atoms with Gasteiger partial charge in [-0.1, -0.05) is 33.1 Å². The molecule has 0 aromatic rings. The lowest BCUT2D eigenvalue weighted by atomic mass is 10.0. The molecule has 1 unspecified atom stereocenters. The lowest BCUT2D eigenvalue weighted by Crippen LogP contribution is -2.19. The molecule has 0 rings (SSSR count). The summed E-state index contributed by atoms with van der Waals surface area (Å²) >= 11 is 0. The van der Waals surface area contributed by atoms with Crippen molar-refractivity contribution in [3.63, 3.8) is 0 Å². The minimum atomic E-state index is -0.444. The molecule has 0 spiro atoms. The van der Waals surface area contributed by atoms with Gasteiger partial charge in [-0.3, -0.25) is 4.79 Å². The summed E-state index contributed by atoms with van der Waals surface area (Å²) in [7, 11) is 3.27. The highest BCUT2D eigenvalue weighted by atomic mass is 16.5. The fourth-order valence-corrected chi connectivity index (χ4v) is 1.43. The van der Waals surface area contributed by atoms with Gasteiger partial charge < -0.3 is 9.64 Å². The lowest BCUT2D eigenvalue weighted by molar-refractivity contribution is -0.139. The van der Waals surface area contributed by atoms with Crippen LogP contribution in [0.15, 0.2) is 12.2 Å². The highest BCUT2D eigenvalue weighted by Gasteiger charge is 2.08. The monoisotopic (exact) mass is 255 g/mol. The van der Waals surface area contributed by atoms with Gasteiger partial charge >= 0.3 is 5.97 Å². The largest absolute Gasteiger partial charge is 0.462 e. The number of amides is 1. The molecule has 1 atom stereocenters. The Morgan fingerprint density at radius 1 is 1.22 bits per heavy atom. The zero-order valence-electron chi connectivity index (χ0n) is 11.9. The van der Waals surface area contributed by atoms with Gasteiger partial charge in [0.1, 0.15) is 0 Å². The number of likely N-dealkylation sites (N-methyl/N-ethyl adjacent to an activating group) is 1. The number of carbonyl (C=O) groups is 2. The van der Waals surface area contributed by atoms with Crippen molar-refractivity contribution in [3.8, 4) is 0 Å². The topological polar surface area (TPSA) is 46.6 Å². The van der Waals surface area contributed by atoms with Gasteiger partial charge in [-0.25, -0.2) is 4.79 Å². The average Bonchev–Trinajstić information content (AvgIpc) is 2.35. The van der Waals surface area contributed by atoms with Crippen LogP contribution in [0.5, 0.6) is 0 Å². The van der Waals surface area contributed by atoms with E-state index in [0.717, 1.165) is 25.7 Å². The summed E-state index contributed by atoms with van der Waals surface area (Å²) in [5.41, 5.74) is 0. The molecule has 4 heteroatoms. The second-order valence-corrected chi connectivity index (χ2v) is 4.61. The van der Waals surface area contributed by atoms with Crippen LogP contribution in [-0.2, 0) is 14.3 Å². The molecule has 0 fully saturated rings. The van der Waals surface area contributed by atoms with E-state index in [2.05, 4.69) is 13.8 Å². The van der Waals surface area contributed by atoms with Crippen LogP contribution in [0.25, 0.3) is 0 Å². The Morgan fingerprint density at radius 2 is 1.89 bits per heavy atom. The van der Waals surface area contributed by atoms with E-state index < -0.39 is 5.97 Å². The van der Waals surface area contributed by atoms with Gasteiger partial charge in [-0.2, -0.15) is 0 Å². The standard InChI is InChI=1S/C14H25NO3/c1-5-7-8-12(6-2)11-18-14(17)10-9-13(16)15(3)4/h9-10,12H,5-8,11H2,1-4H3/b10-9+. The smallest absolute Gasteiger partial charge is 0.330 e. The van der Waals surface area contributed by atoms with Crippen LogP contribution in [0.2, 0.25) is 0 Å². The molecule has 0 aliphatic rings. The SMILES string of the molecule is CCCCC(CC)COC(=O)/C=C/C(=O)N(C)C. The summed E-state index contributed by atoms with van der Waals surface area (Å²) in [6.07, 6.45) is 6.82. The first-order chi connectivity index (χ1) is 8.51. The van der Waals surface area contributed by atoms with E-state index in [1.165, 1.54) is 17.1 Å². The number of carbonyl (C=O) groups excluding carboxylic acids is 2. The second-order valence-electron chi connectivity index (χ2n) is 4.61. The first-order valence-corrected chi connectivity index (χ1v) is 6.57. The van der Waals surface area contributed by atoms with Crippen molar-refractivity contribution in [1.29, 1.82) is 0 Å². The van der Waals surface area contributed by atoms with Gasteiger partial charge in [0.25, 0.3) is 0 Å². The number of ether oxygens (including phenoxy) is 1. The third kappa shape index (κ3) is 7.87. The minimum Gasteiger partial charge on any atom is -0.462 e. The second kappa shape index (κ2) is 9.68. The van der Waals surface area contributed by atoms with E-state index >= 15 is 0 Å². The number of hydrogen-bond acceptors (Lipinski definition) is 3. The maximum Gasteiger partial charge on any atom is 0.330 e. The molecule has 0 saturated heterocycles. The molecule has 0 aliphatic carbocycles.